The van der Waals surface area contributed by atoms with Crippen LogP contribution in [0.5, 0.6) is 5.75 Å². The highest BCUT2D eigenvalue weighted by Crippen LogP contribution is 2.26. The van der Waals surface area contributed by atoms with Crippen molar-refractivity contribution >= 4 is 43.3 Å². The third-order valence-corrected chi connectivity index (χ3v) is 9.08. The largest absolute Gasteiger partial charge is 0.493 e. The van der Waals surface area contributed by atoms with Gasteiger partial charge >= 0.3 is 0 Å². The van der Waals surface area contributed by atoms with Gasteiger partial charge < -0.3 is 20.3 Å². The molecular weight excluding hydrogens is 574 g/mol. The topological polar surface area (TPSA) is 135 Å². The minimum atomic E-state index is -3.69. The number of nitrogens with one attached hydrogen (secondary N) is 2. The lowest BCUT2D eigenvalue weighted by atomic mass is 9.98. The van der Waals surface area contributed by atoms with Crippen LogP contribution in [0.15, 0.2) is 90.2 Å². The summed E-state index contributed by atoms with van der Waals surface area (Å²) in [5.41, 5.74) is 3.97. The van der Waals surface area contributed by atoms with Crippen LogP contribution in [0.1, 0.15) is 18.4 Å². The first-order valence-electron chi connectivity index (χ1n) is 15.0. The maximum Gasteiger partial charge on any atom is 0.238 e. The lowest BCUT2D eigenvalue weighted by molar-refractivity contribution is 0.145. The number of nitrogens with zero attached hydrogens (tertiary/aromatic N) is 4. The SMILES string of the molecule is NS(=O)(=O)c1ccc(CCNc2ncnc3cc(OCC4CCN(CCNc5ccnc6ccccc56)CC4)ccc23)cc1. The molecule has 3 heterocycles. The van der Waals surface area contributed by atoms with Gasteiger partial charge in [-0.15, -0.1) is 0 Å². The predicted molar refractivity (Wildman–Crippen MR) is 174 cm³/mol. The number of hydrogen-bond donors (Lipinski definition) is 3. The third kappa shape index (κ3) is 7.42. The molecule has 4 N–H and O–H groups in total. The average molecular weight is 612 g/mol. The summed E-state index contributed by atoms with van der Waals surface area (Å²) < 4.78 is 29.1. The molecular formula is C33H37N7O3S. The van der Waals surface area contributed by atoms with Crippen LogP contribution in [0.4, 0.5) is 11.5 Å². The number of para-hydroxylation sites is 1. The van der Waals surface area contributed by atoms with Gasteiger partial charge in [0.2, 0.25) is 10.0 Å². The second-order valence-corrected chi connectivity index (χ2v) is 12.7. The molecule has 0 aliphatic carbocycles. The van der Waals surface area contributed by atoms with E-state index >= 15 is 0 Å². The zero-order chi connectivity index (χ0) is 30.4. The number of aromatic nitrogens is 3. The van der Waals surface area contributed by atoms with Crippen molar-refractivity contribution in [1.82, 2.24) is 19.9 Å². The van der Waals surface area contributed by atoms with Crippen molar-refractivity contribution in [2.45, 2.75) is 24.2 Å². The minimum Gasteiger partial charge on any atom is -0.493 e. The smallest absolute Gasteiger partial charge is 0.238 e. The number of pyridine rings is 1. The molecule has 1 aliphatic heterocycles. The summed E-state index contributed by atoms with van der Waals surface area (Å²) in [4.78, 5) is 16.0. The summed E-state index contributed by atoms with van der Waals surface area (Å²) in [6, 6.07) is 22.8. The maximum absolute atomic E-state index is 11.5. The second kappa shape index (κ2) is 13.5. The van der Waals surface area contributed by atoms with E-state index in [-0.39, 0.29) is 4.90 Å². The van der Waals surface area contributed by atoms with E-state index in [0.717, 1.165) is 83.6 Å². The van der Waals surface area contributed by atoms with Crippen LogP contribution in [-0.2, 0) is 16.4 Å². The summed E-state index contributed by atoms with van der Waals surface area (Å²) in [6.45, 7) is 5.39. The summed E-state index contributed by atoms with van der Waals surface area (Å²) in [5, 5.41) is 14.2. The van der Waals surface area contributed by atoms with Gasteiger partial charge in [0.15, 0.2) is 0 Å². The second-order valence-electron chi connectivity index (χ2n) is 11.2. The van der Waals surface area contributed by atoms with E-state index in [1.54, 1.807) is 18.5 Å². The number of benzene rings is 3. The van der Waals surface area contributed by atoms with Crippen LogP contribution in [0.3, 0.4) is 0 Å². The standard InChI is InChI=1S/C33H37N7O3S/c34-44(41,42)27-8-5-24(6-9-27)11-15-37-33-29-10-7-26(21-32(29)38-23-39-33)43-22-25-13-18-40(19-14-25)20-17-36-31-12-16-35-30-4-2-1-3-28(30)31/h1-10,12,16,21,23,25H,11,13-15,17-20,22H2,(H,35,36)(H2,34,41,42)(H,37,38,39). The van der Waals surface area contributed by atoms with Gasteiger partial charge in [0.1, 0.15) is 17.9 Å². The lowest BCUT2D eigenvalue weighted by Gasteiger charge is -2.32. The molecule has 1 aliphatic rings. The maximum atomic E-state index is 11.5. The molecule has 1 fully saturated rings. The molecule has 0 amide bonds. The fraction of sp³-hybridized carbons (Fsp3) is 0.303. The quantitative estimate of drug-likeness (QED) is 0.184. The molecule has 3 aromatic carbocycles. The number of nitrogens with two attached hydrogens (primary N) is 1. The summed E-state index contributed by atoms with van der Waals surface area (Å²) >= 11 is 0. The third-order valence-electron chi connectivity index (χ3n) is 8.15. The highest BCUT2D eigenvalue weighted by Gasteiger charge is 2.20. The molecule has 0 radical (unpaired) electrons. The Balaban J connectivity index is 0.944. The molecule has 10 nitrogen and oxygen atoms in total. The van der Waals surface area contributed by atoms with Crippen molar-refractivity contribution < 1.29 is 13.2 Å². The van der Waals surface area contributed by atoms with Crippen molar-refractivity contribution in [2.24, 2.45) is 11.1 Å². The highest BCUT2D eigenvalue weighted by atomic mass is 32.2. The van der Waals surface area contributed by atoms with E-state index in [2.05, 4.69) is 42.6 Å². The monoisotopic (exact) mass is 611 g/mol. The van der Waals surface area contributed by atoms with Crippen molar-refractivity contribution in [2.75, 3.05) is 50.0 Å². The van der Waals surface area contributed by atoms with Crippen LogP contribution in [0.2, 0.25) is 0 Å². The molecule has 44 heavy (non-hydrogen) atoms. The van der Waals surface area contributed by atoms with Crippen LogP contribution in [0.25, 0.3) is 21.8 Å². The number of hydrogen-bond acceptors (Lipinski definition) is 9. The number of fused-ring (bicyclic) bond motifs is 2. The Morgan fingerprint density at radius 2 is 1.68 bits per heavy atom. The van der Waals surface area contributed by atoms with Gasteiger partial charge in [0, 0.05) is 48.4 Å². The normalized spacial score (nSPS) is 14.6. The first-order chi connectivity index (χ1) is 21.4. The average Bonchev–Trinajstić information content (AvgIpc) is 3.04. The summed E-state index contributed by atoms with van der Waals surface area (Å²) in [5.74, 6) is 2.09. The van der Waals surface area contributed by atoms with Crippen LogP contribution in [0, 0.1) is 5.92 Å². The molecule has 0 atom stereocenters. The number of ether oxygens (including phenoxy) is 1. The first-order valence-corrected chi connectivity index (χ1v) is 16.5. The Morgan fingerprint density at radius 3 is 2.50 bits per heavy atom. The first kappa shape index (κ1) is 29.7. The zero-order valence-corrected chi connectivity index (χ0v) is 25.3. The van der Waals surface area contributed by atoms with Crippen LogP contribution < -0.4 is 20.5 Å². The predicted octanol–water partition coefficient (Wildman–Crippen LogP) is 4.68. The molecule has 11 heteroatoms. The molecule has 0 bridgehead atoms. The number of primary sulfonamides is 1. The van der Waals surface area contributed by atoms with Gasteiger partial charge in [-0.25, -0.2) is 23.5 Å². The van der Waals surface area contributed by atoms with Crippen molar-refractivity contribution in [1.29, 1.82) is 0 Å². The van der Waals surface area contributed by atoms with Gasteiger partial charge in [0.25, 0.3) is 0 Å². The van der Waals surface area contributed by atoms with E-state index in [0.29, 0.717) is 25.5 Å². The van der Waals surface area contributed by atoms with Gasteiger partial charge in [-0.2, -0.15) is 0 Å². The Morgan fingerprint density at radius 1 is 0.864 bits per heavy atom. The van der Waals surface area contributed by atoms with E-state index < -0.39 is 10.0 Å². The molecule has 5 aromatic rings. The van der Waals surface area contributed by atoms with E-state index in [1.165, 1.54) is 12.1 Å². The fourth-order valence-electron chi connectivity index (χ4n) is 5.63. The molecule has 0 spiro atoms. The van der Waals surface area contributed by atoms with Crippen LogP contribution in [-0.4, -0.2) is 67.6 Å². The number of anilines is 2. The molecule has 1 saturated heterocycles. The zero-order valence-electron chi connectivity index (χ0n) is 24.5. The Hall–Kier alpha value is -4.32. The van der Waals surface area contributed by atoms with E-state index in [4.69, 9.17) is 9.88 Å². The molecule has 6 rings (SSSR count). The van der Waals surface area contributed by atoms with E-state index in [9.17, 15) is 8.42 Å². The minimum absolute atomic E-state index is 0.110. The lowest BCUT2D eigenvalue weighted by Crippen LogP contribution is -2.38. The molecule has 2 aromatic heterocycles. The van der Waals surface area contributed by atoms with E-state index in [1.807, 2.05) is 42.6 Å². The Kier molecular flexibility index (Phi) is 9.15. The van der Waals surface area contributed by atoms with Crippen molar-refractivity contribution in [3.05, 3.63) is 90.9 Å². The fourth-order valence-corrected chi connectivity index (χ4v) is 6.14. The van der Waals surface area contributed by atoms with Crippen LogP contribution >= 0.6 is 0 Å². The molecule has 228 valence electrons. The Labute approximate surface area is 257 Å². The van der Waals surface area contributed by atoms with Gasteiger partial charge in [-0.05, 0) is 80.2 Å². The van der Waals surface area contributed by atoms with Gasteiger partial charge in [0.05, 0.1) is 22.5 Å². The number of likely N-dealkylation sites (tertiary alicyclic amines) is 1. The number of piperidine rings is 1. The molecule has 0 unspecified atom stereocenters. The van der Waals surface area contributed by atoms with Gasteiger partial charge in [-0.3, -0.25) is 4.98 Å². The summed E-state index contributed by atoms with van der Waals surface area (Å²) in [7, 11) is -3.69. The number of sulfonamides is 1. The number of rotatable bonds is 12. The van der Waals surface area contributed by atoms with Crippen molar-refractivity contribution in [3.8, 4) is 5.75 Å². The highest BCUT2D eigenvalue weighted by molar-refractivity contribution is 7.89. The van der Waals surface area contributed by atoms with Gasteiger partial charge in [-0.1, -0.05) is 30.3 Å². The van der Waals surface area contributed by atoms with Crippen molar-refractivity contribution in [3.63, 3.8) is 0 Å². The molecule has 0 saturated carbocycles. The summed E-state index contributed by atoms with van der Waals surface area (Å²) in [6.07, 6.45) is 6.35. The Bertz CT molecular complexity index is 1820.